The van der Waals surface area contributed by atoms with E-state index in [-0.39, 0.29) is 11.1 Å². The highest BCUT2D eigenvalue weighted by Gasteiger charge is 2.49. The van der Waals surface area contributed by atoms with Crippen molar-refractivity contribution in [2.24, 2.45) is 5.92 Å². The molecule has 1 aliphatic heterocycles. The number of fused-ring (bicyclic) bond motifs is 1. The molecule has 1 aliphatic rings. The summed E-state index contributed by atoms with van der Waals surface area (Å²) in [6, 6.07) is 0. The molecule has 0 bridgehead atoms. The number of phosphoric ester groups is 1. The van der Waals surface area contributed by atoms with E-state index in [1.807, 2.05) is 6.92 Å². The Morgan fingerprint density at radius 1 is 1.27 bits per heavy atom. The minimum absolute atomic E-state index is 0.111. The Labute approximate surface area is 174 Å². The number of imidazole rings is 1. The van der Waals surface area contributed by atoms with Gasteiger partial charge in [-0.25, -0.2) is 24.1 Å². The maximum Gasteiger partial charge on any atom is 0.578 e. The third kappa shape index (κ3) is 5.99. The van der Waals surface area contributed by atoms with E-state index in [2.05, 4.69) is 28.1 Å². The van der Waals surface area contributed by atoms with Crippen LogP contribution in [0.5, 0.6) is 0 Å². The predicted octanol–water partition coefficient (Wildman–Crippen LogP) is 1.31. The van der Waals surface area contributed by atoms with Gasteiger partial charge < -0.3 is 9.63 Å². The molecule has 0 amide bonds. The first-order chi connectivity index (χ1) is 13.8. The average Bonchev–Trinajstić information content (AvgIpc) is 3.13. The Morgan fingerprint density at radius 2 is 1.97 bits per heavy atom. The summed E-state index contributed by atoms with van der Waals surface area (Å²) in [7, 11) is -15.9. The summed E-state index contributed by atoms with van der Waals surface area (Å²) in [5.41, 5.74) is 0.795. The molecule has 2 aromatic heterocycles. The molecular weight excluding hydrogens is 493 g/mol. The van der Waals surface area contributed by atoms with Crippen molar-refractivity contribution >= 4 is 46.6 Å². The van der Waals surface area contributed by atoms with E-state index in [9.17, 15) is 18.9 Å². The topological polar surface area (TPSA) is 216 Å². The predicted molar refractivity (Wildman–Crippen MR) is 99.4 cm³/mol. The van der Waals surface area contributed by atoms with Crippen LogP contribution in [0.4, 0.5) is 0 Å². The van der Waals surface area contributed by atoms with Crippen molar-refractivity contribution < 1.29 is 51.5 Å². The monoisotopic (exact) mass is 509 g/mol. The molecule has 0 aliphatic carbocycles. The molecule has 5 N–H and O–H groups in total. The van der Waals surface area contributed by atoms with Crippen LogP contribution < -0.4 is 0 Å². The van der Waals surface area contributed by atoms with Crippen LogP contribution >= 0.6 is 35.4 Å². The summed E-state index contributed by atoms with van der Waals surface area (Å²) in [5.74, 6) is -0.111. The molecular formula is C11H17ClN4O11P3+. The molecule has 168 valence electrons. The summed E-state index contributed by atoms with van der Waals surface area (Å²) < 4.78 is 42.8. The highest BCUT2D eigenvalue weighted by Crippen LogP contribution is 2.68. The number of phosphoric acid groups is 2. The van der Waals surface area contributed by atoms with E-state index in [4.69, 9.17) is 31.0 Å². The van der Waals surface area contributed by atoms with Gasteiger partial charge in [0.15, 0.2) is 10.8 Å². The number of ether oxygens (including phenoxy) is 1. The van der Waals surface area contributed by atoms with Crippen LogP contribution in [-0.4, -0.2) is 56.7 Å². The van der Waals surface area contributed by atoms with Crippen LogP contribution in [0.1, 0.15) is 19.6 Å². The molecule has 3 unspecified atom stereocenters. The number of halogens is 1. The Hall–Kier alpha value is -0.630. The van der Waals surface area contributed by atoms with Crippen molar-refractivity contribution in [1.82, 2.24) is 19.5 Å². The minimum Gasteiger partial charge on any atom is -0.352 e. The van der Waals surface area contributed by atoms with Crippen LogP contribution in [0.25, 0.3) is 11.2 Å². The van der Waals surface area contributed by atoms with Gasteiger partial charge in [0.05, 0.1) is 19.0 Å². The van der Waals surface area contributed by atoms with Gasteiger partial charge in [-0.1, -0.05) is 18.5 Å². The van der Waals surface area contributed by atoms with Gasteiger partial charge in [-0.2, -0.15) is 19.0 Å². The second kappa shape index (κ2) is 8.72. The summed E-state index contributed by atoms with van der Waals surface area (Å²) in [6.45, 7) is 1.33. The van der Waals surface area contributed by atoms with Crippen LogP contribution in [-0.2, 0) is 27.0 Å². The second-order valence-electron chi connectivity index (χ2n) is 6.26. The zero-order chi connectivity index (χ0) is 22.3. The third-order valence-corrected chi connectivity index (χ3v) is 7.99. The fraction of sp³-hybridized carbons (Fsp3) is 0.545. The summed E-state index contributed by atoms with van der Waals surface area (Å²) >= 11 is 5.98. The molecule has 1 fully saturated rings. The van der Waals surface area contributed by atoms with Crippen LogP contribution in [0.15, 0.2) is 12.7 Å². The Kier molecular flexibility index (Phi) is 6.98. The van der Waals surface area contributed by atoms with E-state index in [0.717, 1.165) is 0 Å². The largest absolute Gasteiger partial charge is 0.578 e. The van der Waals surface area contributed by atoms with E-state index in [1.54, 1.807) is 4.57 Å². The zero-order valence-electron chi connectivity index (χ0n) is 15.0. The van der Waals surface area contributed by atoms with Crippen LogP contribution in [0.3, 0.4) is 0 Å². The Morgan fingerprint density at radius 3 is 2.63 bits per heavy atom. The van der Waals surface area contributed by atoms with Crippen molar-refractivity contribution in [3.63, 3.8) is 0 Å². The number of nitrogens with zero attached hydrogens (tertiary/aromatic N) is 4. The highest BCUT2D eigenvalue weighted by molar-refractivity contribution is 7.68. The fourth-order valence-corrected chi connectivity index (χ4v) is 6.12. The summed E-state index contributed by atoms with van der Waals surface area (Å²) in [4.78, 5) is 56.7. The van der Waals surface area contributed by atoms with Gasteiger partial charge in [-0.3, -0.25) is 14.0 Å². The van der Waals surface area contributed by atoms with E-state index >= 15 is 0 Å². The molecule has 5 atom stereocenters. The van der Waals surface area contributed by atoms with Crippen molar-refractivity contribution in [2.75, 3.05) is 6.61 Å². The first kappa shape index (κ1) is 24.0. The molecule has 0 aromatic carbocycles. The molecule has 0 radical (unpaired) electrons. The van der Waals surface area contributed by atoms with E-state index in [0.29, 0.717) is 17.6 Å². The van der Waals surface area contributed by atoms with E-state index in [1.165, 1.54) is 12.7 Å². The fourth-order valence-electron chi connectivity index (χ4n) is 2.86. The van der Waals surface area contributed by atoms with Gasteiger partial charge in [0.25, 0.3) is 0 Å². The smallest absolute Gasteiger partial charge is 0.352 e. The molecule has 2 aromatic rings. The molecule has 19 heteroatoms. The van der Waals surface area contributed by atoms with Gasteiger partial charge >= 0.3 is 23.8 Å². The normalized spacial score (nSPS) is 26.6. The Balaban J connectivity index is 1.63. The molecule has 30 heavy (non-hydrogen) atoms. The SMILES string of the molecule is CC1C[C@@H](COP(=O)(O)OP(=O)(O)O[P+](O)(O)O)O[C@H]1n1cnc2c(Cl)ncnc21. The lowest BCUT2D eigenvalue weighted by molar-refractivity contribution is -0.0290. The van der Waals surface area contributed by atoms with E-state index < -0.39 is 42.8 Å². The van der Waals surface area contributed by atoms with Gasteiger partial charge in [-0.15, -0.1) is 0 Å². The number of hydrogen-bond donors (Lipinski definition) is 5. The second-order valence-corrected chi connectivity index (χ2v) is 11.1. The molecule has 0 saturated carbocycles. The van der Waals surface area contributed by atoms with Crippen LogP contribution in [0.2, 0.25) is 5.15 Å². The molecule has 15 nitrogen and oxygen atoms in total. The van der Waals surface area contributed by atoms with Crippen molar-refractivity contribution in [1.29, 1.82) is 0 Å². The summed E-state index contributed by atoms with van der Waals surface area (Å²) in [5, 5.41) is 0.165. The minimum atomic E-state index is -5.51. The average molecular weight is 510 g/mol. The number of aromatic nitrogens is 4. The van der Waals surface area contributed by atoms with Crippen LogP contribution in [0, 0.1) is 5.92 Å². The van der Waals surface area contributed by atoms with Crippen molar-refractivity contribution in [3.8, 4) is 0 Å². The maximum atomic E-state index is 11.8. The zero-order valence-corrected chi connectivity index (χ0v) is 18.4. The number of hydrogen-bond acceptors (Lipinski definition) is 12. The van der Waals surface area contributed by atoms with Gasteiger partial charge in [0.2, 0.25) is 0 Å². The summed E-state index contributed by atoms with van der Waals surface area (Å²) in [6.07, 6.45) is 1.81. The first-order valence-corrected chi connectivity index (χ1v) is 13.0. The van der Waals surface area contributed by atoms with Gasteiger partial charge in [0, 0.05) is 5.92 Å². The Bertz CT molecular complexity index is 1020. The standard InChI is InChI=1S/C11H16ClN4O11P3/c1-6-2-7(3-24-29(20,21)27-30(22,23)26-28(17,18)19)25-11(6)16-5-15-8-9(12)13-4-14-10(8)16/h4-7,11,17-19H,2-3H2,1H3,(H-,20,21,22,23)/p+1/t6?,7-,11+/m0/s1. The lowest BCUT2D eigenvalue weighted by Crippen LogP contribution is -2.17. The highest BCUT2D eigenvalue weighted by atomic mass is 35.5. The quantitative estimate of drug-likeness (QED) is 0.250. The third-order valence-electron chi connectivity index (χ3n) is 3.88. The molecule has 1 saturated heterocycles. The van der Waals surface area contributed by atoms with Crippen molar-refractivity contribution in [3.05, 3.63) is 17.8 Å². The maximum absolute atomic E-state index is 11.8. The lowest BCUT2D eigenvalue weighted by Gasteiger charge is -2.18. The first-order valence-electron chi connectivity index (χ1n) is 8.05. The molecule has 3 heterocycles. The molecule has 0 spiro atoms. The lowest BCUT2D eigenvalue weighted by atomic mass is 10.1. The van der Waals surface area contributed by atoms with Crippen molar-refractivity contribution in [2.45, 2.75) is 25.7 Å². The molecule has 3 rings (SSSR count). The van der Waals surface area contributed by atoms with Gasteiger partial charge in [0.1, 0.15) is 18.1 Å². The number of rotatable bonds is 8. The van der Waals surface area contributed by atoms with Gasteiger partial charge in [-0.05, 0) is 10.7 Å².